The summed E-state index contributed by atoms with van der Waals surface area (Å²) >= 11 is 9.74. The van der Waals surface area contributed by atoms with E-state index in [1.165, 1.54) is 4.90 Å². The molecule has 1 N–H and O–H groups in total. The number of nitrogens with zero attached hydrogens (tertiary/aromatic N) is 5. The monoisotopic (exact) mass is 517 g/mol. The highest BCUT2D eigenvalue weighted by Crippen LogP contribution is 2.37. The van der Waals surface area contributed by atoms with Crippen LogP contribution in [-0.2, 0) is 11.2 Å². The van der Waals surface area contributed by atoms with Crippen LogP contribution in [0.2, 0.25) is 5.15 Å². The van der Waals surface area contributed by atoms with Crippen LogP contribution >= 0.6 is 27.5 Å². The largest absolute Gasteiger partial charge is 0.465 e. The highest BCUT2D eigenvalue weighted by Gasteiger charge is 2.46. The topological polar surface area (TPSA) is 91.0 Å². The predicted octanol–water partition coefficient (Wildman–Crippen LogP) is 3.82. The van der Waals surface area contributed by atoms with Gasteiger partial charge in [0.1, 0.15) is 22.5 Å². The summed E-state index contributed by atoms with van der Waals surface area (Å²) in [5.74, 6) is 0.676. The van der Waals surface area contributed by atoms with Crippen molar-refractivity contribution < 1.29 is 14.7 Å². The summed E-state index contributed by atoms with van der Waals surface area (Å²) in [5.41, 5.74) is 1.76. The lowest BCUT2D eigenvalue weighted by Crippen LogP contribution is -2.65. The number of piperazine rings is 1. The van der Waals surface area contributed by atoms with E-state index in [2.05, 4.69) is 25.9 Å². The van der Waals surface area contributed by atoms with Gasteiger partial charge in [0.15, 0.2) is 5.15 Å². The fourth-order valence-corrected chi connectivity index (χ4v) is 5.95. The van der Waals surface area contributed by atoms with Crippen molar-refractivity contribution >= 4 is 45.0 Å². The fraction of sp³-hybridized carbons (Fsp3) is 0.364. The molecular formula is C22H21BrClN5O3. The molecule has 0 spiro atoms. The van der Waals surface area contributed by atoms with Crippen LogP contribution in [-0.4, -0.2) is 66.4 Å². The van der Waals surface area contributed by atoms with Crippen LogP contribution in [0.25, 0.3) is 5.52 Å². The molecule has 10 heteroatoms. The standard InChI is InChI=1S/C22H21BrClN5O3/c23-19-18-20(24)25-8-9-27(18)21(26-19)14-6-7-15-16(10-13-4-2-1-3-5-13)29(22(31)32)12-17(30)28(15)11-14/h1-5,8-9,14-16H,6-7,10-12H2,(H,31,32)/t14-,15-,16?/m0/s1. The molecular weight excluding hydrogens is 498 g/mol. The summed E-state index contributed by atoms with van der Waals surface area (Å²) in [6, 6.07) is 9.39. The van der Waals surface area contributed by atoms with Gasteiger partial charge in [0, 0.05) is 24.9 Å². The van der Waals surface area contributed by atoms with E-state index in [1.54, 1.807) is 6.20 Å². The first kappa shape index (κ1) is 21.2. The number of piperidine rings is 1. The molecule has 8 nitrogen and oxygen atoms in total. The van der Waals surface area contributed by atoms with Crippen molar-refractivity contribution in [1.29, 1.82) is 0 Å². The van der Waals surface area contributed by atoms with Gasteiger partial charge in [0.25, 0.3) is 0 Å². The molecule has 2 aromatic heterocycles. The second-order valence-corrected chi connectivity index (χ2v) is 9.36. The lowest BCUT2D eigenvalue weighted by atomic mass is 9.84. The maximum Gasteiger partial charge on any atom is 0.408 e. The van der Waals surface area contributed by atoms with E-state index >= 15 is 0 Å². The molecule has 2 saturated heterocycles. The molecule has 0 radical (unpaired) electrons. The van der Waals surface area contributed by atoms with Crippen molar-refractivity contribution in [3.8, 4) is 0 Å². The maximum absolute atomic E-state index is 13.0. The highest BCUT2D eigenvalue weighted by atomic mass is 79.9. The number of halogens is 2. The number of rotatable bonds is 3. The normalized spacial score (nSPS) is 23.4. The van der Waals surface area contributed by atoms with Gasteiger partial charge in [0.2, 0.25) is 5.91 Å². The Bertz CT molecular complexity index is 1190. The van der Waals surface area contributed by atoms with Crippen LogP contribution in [0.1, 0.15) is 30.1 Å². The van der Waals surface area contributed by atoms with Gasteiger partial charge >= 0.3 is 6.09 Å². The molecule has 3 atom stereocenters. The van der Waals surface area contributed by atoms with E-state index in [1.807, 2.05) is 45.8 Å². The molecule has 1 unspecified atom stereocenters. The molecule has 5 rings (SSSR count). The minimum Gasteiger partial charge on any atom is -0.465 e. The first-order valence-electron chi connectivity index (χ1n) is 10.4. The van der Waals surface area contributed by atoms with E-state index in [4.69, 9.17) is 11.6 Å². The van der Waals surface area contributed by atoms with Gasteiger partial charge in [-0.25, -0.2) is 14.8 Å². The van der Waals surface area contributed by atoms with Gasteiger partial charge in [0.05, 0.1) is 12.1 Å². The number of imidazole rings is 1. The van der Waals surface area contributed by atoms with Crippen LogP contribution < -0.4 is 0 Å². The van der Waals surface area contributed by atoms with E-state index in [0.717, 1.165) is 17.8 Å². The summed E-state index contributed by atoms with van der Waals surface area (Å²) in [6.45, 7) is 0.367. The van der Waals surface area contributed by atoms with E-state index < -0.39 is 6.09 Å². The number of hydrogen-bond acceptors (Lipinski definition) is 4. The molecule has 1 aromatic carbocycles. The molecule has 0 bridgehead atoms. The first-order valence-corrected chi connectivity index (χ1v) is 11.6. The van der Waals surface area contributed by atoms with Crippen LogP contribution in [0.15, 0.2) is 47.3 Å². The molecule has 166 valence electrons. The van der Waals surface area contributed by atoms with Crippen molar-refractivity contribution in [1.82, 2.24) is 24.2 Å². The van der Waals surface area contributed by atoms with Crippen molar-refractivity contribution in [3.63, 3.8) is 0 Å². The van der Waals surface area contributed by atoms with Crippen molar-refractivity contribution in [2.45, 2.75) is 37.3 Å². The summed E-state index contributed by atoms with van der Waals surface area (Å²) in [7, 11) is 0. The van der Waals surface area contributed by atoms with Crippen molar-refractivity contribution in [2.24, 2.45) is 0 Å². The van der Waals surface area contributed by atoms with Gasteiger partial charge in [-0.1, -0.05) is 41.9 Å². The Morgan fingerprint density at radius 3 is 2.78 bits per heavy atom. The number of carbonyl (C=O) groups excluding carboxylic acids is 1. The van der Waals surface area contributed by atoms with Crippen molar-refractivity contribution in [2.75, 3.05) is 13.1 Å². The molecule has 32 heavy (non-hydrogen) atoms. The first-order chi connectivity index (χ1) is 15.4. The van der Waals surface area contributed by atoms with Crippen LogP contribution in [0.5, 0.6) is 0 Å². The number of fused-ring (bicyclic) bond motifs is 2. The smallest absolute Gasteiger partial charge is 0.408 e. The average Bonchev–Trinajstić information content (AvgIpc) is 3.13. The summed E-state index contributed by atoms with van der Waals surface area (Å²) < 4.78 is 2.54. The van der Waals surface area contributed by atoms with Crippen LogP contribution in [0.3, 0.4) is 0 Å². The van der Waals surface area contributed by atoms with E-state index in [9.17, 15) is 14.7 Å². The maximum atomic E-state index is 13.0. The zero-order chi connectivity index (χ0) is 22.4. The molecule has 0 saturated carbocycles. The number of carboxylic acid groups (broad SMARTS) is 1. The number of benzene rings is 1. The quantitative estimate of drug-likeness (QED) is 0.569. The third-order valence-corrected chi connectivity index (χ3v) is 7.32. The van der Waals surface area contributed by atoms with Gasteiger partial charge in [-0.3, -0.25) is 14.1 Å². The molecule has 2 aliphatic rings. The Balaban J connectivity index is 1.45. The van der Waals surface area contributed by atoms with Crippen LogP contribution in [0, 0.1) is 0 Å². The molecule has 0 aliphatic carbocycles. The average molecular weight is 519 g/mol. The zero-order valence-electron chi connectivity index (χ0n) is 17.1. The fourth-order valence-electron chi connectivity index (χ4n) is 5.03. The van der Waals surface area contributed by atoms with Crippen molar-refractivity contribution in [3.05, 3.63) is 63.9 Å². The molecule has 2 aliphatic heterocycles. The molecule has 3 aromatic rings. The molecule has 2 fully saturated rings. The summed E-state index contributed by atoms with van der Waals surface area (Å²) in [6.07, 6.45) is 4.47. The molecule has 2 amide bonds. The minimum atomic E-state index is -1.05. The SMILES string of the molecule is O=C(O)N1CC(=O)N2C[C@@H](c3nc(Br)c4c(Cl)nccn34)CC[C@H]2C1Cc1ccccc1. The number of amides is 2. The van der Waals surface area contributed by atoms with Gasteiger partial charge in [-0.15, -0.1) is 0 Å². The second-order valence-electron chi connectivity index (χ2n) is 8.25. The zero-order valence-corrected chi connectivity index (χ0v) is 19.4. The molecule has 4 heterocycles. The third kappa shape index (κ3) is 3.63. The van der Waals surface area contributed by atoms with E-state index in [-0.39, 0.29) is 30.5 Å². The lowest BCUT2D eigenvalue weighted by molar-refractivity contribution is -0.144. The minimum absolute atomic E-state index is 0.0150. The Kier molecular flexibility index (Phi) is 5.54. The highest BCUT2D eigenvalue weighted by molar-refractivity contribution is 9.10. The second kappa shape index (κ2) is 8.37. The van der Waals surface area contributed by atoms with Crippen LogP contribution in [0.4, 0.5) is 4.79 Å². The lowest BCUT2D eigenvalue weighted by Gasteiger charge is -2.50. The Morgan fingerprint density at radius 2 is 2.03 bits per heavy atom. The van der Waals surface area contributed by atoms with Gasteiger partial charge < -0.3 is 10.0 Å². The Labute approximate surface area is 197 Å². The third-order valence-electron chi connectivity index (χ3n) is 6.49. The van der Waals surface area contributed by atoms with E-state index in [0.29, 0.717) is 34.7 Å². The number of carbonyl (C=O) groups is 2. The Hall–Kier alpha value is -2.65. The van der Waals surface area contributed by atoms with Gasteiger partial charge in [-0.2, -0.15) is 0 Å². The number of aromatic nitrogens is 3. The Morgan fingerprint density at radius 1 is 1.25 bits per heavy atom. The summed E-state index contributed by atoms with van der Waals surface area (Å²) in [5, 5.41) is 10.2. The van der Waals surface area contributed by atoms with Gasteiger partial charge in [-0.05, 0) is 40.8 Å². The summed E-state index contributed by atoms with van der Waals surface area (Å²) in [4.78, 5) is 36.9. The predicted molar refractivity (Wildman–Crippen MR) is 122 cm³/mol. The number of hydrogen-bond donors (Lipinski definition) is 1.